The first kappa shape index (κ1) is 16.8. The van der Waals surface area contributed by atoms with Gasteiger partial charge < -0.3 is 19.0 Å². The highest BCUT2D eigenvalue weighted by atomic mass is 16.5. The number of oxazole rings is 1. The summed E-state index contributed by atoms with van der Waals surface area (Å²) in [5, 5.41) is 0. The van der Waals surface area contributed by atoms with Gasteiger partial charge in [0.1, 0.15) is 6.26 Å². The quantitative estimate of drug-likeness (QED) is 0.825. The van der Waals surface area contributed by atoms with Crippen LogP contribution in [0.1, 0.15) is 29.8 Å². The number of aromatic nitrogens is 1. The third-order valence-electron chi connectivity index (χ3n) is 5.04. The summed E-state index contributed by atoms with van der Waals surface area (Å²) in [6, 6.07) is 9.62. The molecule has 2 fully saturated rings. The number of anilines is 1. The van der Waals surface area contributed by atoms with E-state index in [0.717, 1.165) is 18.5 Å². The first-order chi connectivity index (χ1) is 12.7. The lowest BCUT2D eigenvalue weighted by molar-refractivity contribution is -0.155. The molecule has 0 aliphatic carbocycles. The summed E-state index contributed by atoms with van der Waals surface area (Å²) in [5.74, 6) is -0.302. The molecule has 0 N–H and O–H groups in total. The predicted octanol–water partition coefficient (Wildman–Crippen LogP) is 2.10. The molecule has 3 heterocycles. The molecule has 2 saturated heterocycles. The average molecular weight is 355 g/mol. The van der Waals surface area contributed by atoms with Crippen LogP contribution in [-0.4, -0.2) is 53.5 Å². The number of nitrogens with zero attached hydrogens (tertiary/aromatic N) is 3. The second kappa shape index (κ2) is 6.92. The van der Waals surface area contributed by atoms with E-state index in [1.54, 1.807) is 9.80 Å². The van der Waals surface area contributed by atoms with Crippen molar-refractivity contribution in [2.24, 2.45) is 0 Å². The van der Waals surface area contributed by atoms with Gasteiger partial charge in [-0.1, -0.05) is 18.2 Å². The van der Waals surface area contributed by atoms with Crippen molar-refractivity contribution in [3.05, 3.63) is 48.7 Å². The summed E-state index contributed by atoms with van der Waals surface area (Å²) in [7, 11) is 0. The number of ether oxygens (including phenoxy) is 1. The van der Waals surface area contributed by atoms with Crippen molar-refractivity contribution in [1.29, 1.82) is 0 Å². The maximum atomic E-state index is 13.4. The number of carbonyl (C=O) groups is 2. The van der Waals surface area contributed by atoms with E-state index in [9.17, 15) is 9.59 Å². The van der Waals surface area contributed by atoms with Crippen molar-refractivity contribution < 1.29 is 18.7 Å². The molecule has 2 aromatic rings. The topological polar surface area (TPSA) is 75.9 Å². The molecule has 1 unspecified atom stereocenters. The van der Waals surface area contributed by atoms with Gasteiger partial charge in [-0.25, -0.2) is 4.98 Å². The number of carbonyl (C=O) groups excluding carboxylic acids is 2. The van der Waals surface area contributed by atoms with Crippen molar-refractivity contribution in [1.82, 2.24) is 9.88 Å². The Morgan fingerprint density at radius 1 is 1.15 bits per heavy atom. The van der Waals surface area contributed by atoms with E-state index in [1.807, 2.05) is 30.3 Å². The molecule has 7 heteroatoms. The zero-order chi connectivity index (χ0) is 18.0. The van der Waals surface area contributed by atoms with Crippen molar-refractivity contribution in [2.75, 3.05) is 31.1 Å². The van der Waals surface area contributed by atoms with Crippen LogP contribution < -0.4 is 4.90 Å². The van der Waals surface area contributed by atoms with Crippen LogP contribution in [0.15, 0.2) is 47.4 Å². The lowest BCUT2D eigenvalue weighted by atomic mass is 9.93. The largest absolute Gasteiger partial charge is 0.451 e. The van der Waals surface area contributed by atoms with Crippen LogP contribution in [0.3, 0.4) is 0 Å². The molecule has 7 nitrogen and oxygen atoms in total. The van der Waals surface area contributed by atoms with Gasteiger partial charge in [-0.15, -0.1) is 0 Å². The lowest BCUT2D eigenvalue weighted by Gasteiger charge is -2.42. The molecule has 0 bridgehead atoms. The van der Waals surface area contributed by atoms with E-state index < -0.39 is 5.60 Å². The maximum Gasteiger partial charge on any atom is 0.275 e. The monoisotopic (exact) mass is 355 g/mol. The number of benzene rings is 1. The Kier molecular flexibility index (Phi) is 4.46. The predicted molar refractivity (Wildman–Crippen MR) is 93.7 cm³/mol. The summed E-state index contributed by atoms with van der Waals surface area (Å²) in [6.45, 7) is 1.66. The Morgan fingerprint density at radius 3 is 2.77 bits per heavy atom. The van der Waals surface area contributed by atoms with Crippen LogP contribution in [0, 0.1) is 0 Å². The Morgan fingerprint density at radius 2 is 2.00 bits per heavy atom. The fourth-order valence-corrected chi connectivity index (χ4v) is 3.71. The van der Waals surface area contributed by atoms with Gasteiger partial charge in [0.25, 0.3) is 11.8 Å². The molecule has 1 atom stereocenters. The van der Waals surface area contributed by atoms with Crippen LogP contribution >= 0.6 is 0 Å². The highest BCUT2D eigenvalue weighted by Crippen LogP contribution is 2.32. The first-order valence-electron chi connectivity index (χ1n) is 8.88. The Bertz CT molecular complexity index is 777. The van der Waals surface area contributed by atoms with Gasteiger partial charge >= 0.3 is 0 Å². The summed E-state index contributed by atoms with van der Waals surface area (Å²) in [5.41, 5.74) is 0.120. The van der Waals surface area contributed by atoms with Crippen molar-refractivity contribution in [3.8, 4) is 0 Å². The zero-order valence-electron chi connectivity index (χ0n) is 14.5. The highest BCUT2D eigenvalue weighted by molar-refractivity contribution is 6.01. The molecule has 1 aromatic heterocycles. The number of morpholine rings is 1. The normalized spacial score (nSPS) is 23.9. The molecule has 1 aromatic carbocycles. The van der Waals surface area contributed by atoms with E-state index in [4.69, 9.17) is 9.15 Å². The second-order valence-electron chi connectivity index (χ2n) is 6.69. The first-order valence-corrected chi connectivity index (χ1v) is 8.88. The van der Waals surface area contributed by atoms with Crippen molar-refractivity contribution >= 4 is 17.5 Å². The van der Waals surface area contributed by atoms with Gasteiger partial charge in [0.05, 0.1) is 13.2 Å². The minimum atomic E-state index is -0.996. The Labute approximate surface area is 151 Å². The van der Waals surface area contributed by atoms with Crippen LogP contribution in [-0.2, 0) is 9.53 Å². The molecule has 0 radical (unpaired) electrons. The summed E-state index contributed by atoms with van der Waals surface area (Å²) in [4.78, 5) is 33.4. The third-order valence-corrected chi connectivity index (χ3v) is 5.04. The number of hydrogen-bond donors (Lipinski definition) is 0. The van der Waals surface area contributed by atoms with E-state index in [0.29, 0.717) is 26.1 Å². The minimum absolute atomic E-state index is 0.0705. The SMILES string of the molecule is O=C(c1cocn1)N1CCOC2(CCCCN(c3ccccc3)C2=O)C1. The summed E-state index contributed by atoms with van der Waals surface area (Å²) < 4.78 is 10.9. The van der Waals surface area contributed by atoms with Crippen molar-refractivity contribution in [3.63, 3.8) is 0 Å². The van der Waals surface area contributed by atoms with Gasteiger partial charge in [-0.2, -0.15) is 0 Å². The van der Waals surface area contributed by atoms with Crippen LogP contribution in [0.5, 0.6) is 0 Å². The van der Waals surface area contributed by atoms with E-state index in [2.05, 4.69) is 4.98 Å². The van der Waals surface area contributed by atoms with Gasteiger partial charge in [0, 0.05) is 18.8 Å². The molecule has 4 rings (SSSR count). The van der Waals surface area contributed by atoms with Crippen LogP contribution in [0.4, 0.5) is 5.69 Å². The molecule has 136 valence electrons. The average Bonchev–Trinajstić information content (AvgIpc) is 3.18. The van der Waals surface area contributed by atoms with Gasteiger partial charge in [0.15, 0.2) is 17.7 Å². The second-order valence-corrected chi connectivity index (χ2v) is 6.69. The molecule has 26 heavy (non-hydrogen) atoms. The van der Waals surface area contributed by atoms with E-state index >= 15 is 0 Å². The molecule has 2 amide bonds. The van der Waals surface area contributed by atoms with E-state index in [1.165, 1.54) is 12.7 Å². The third kappa shape index (κ3) is 2.99. The van der Waals surface area contributed by atoms with Crippen LogP contribution in [0.2, 0.25) is 0 Å². The van der Waals surface area contributed by atoms with Gasteiger partial charge in [-0.3, -0.25) is 9.59 Å². The molecular formula is C19H21N3O4. The number of hydrogen-bond acceptors (Lipinski definition) is 5. The highest BCUT2D eigenvalue weighted by Gasteiger charge is 2.48. The molecular weight excluding hydrogens is 334 g/mol. The van der Waals surface area contributed by atoms with Gasteiger partial charge in [0.2, 0.25) is 0 Å². The van der Waals surface area contributed by atoms with E-state index in [-0.39, 0.29) is 24.1 Å². The minimum Gasteiger partial charge on any atom is -0.451 e. The number of para-hydroxylation sites is 1. The van der Waals surface area contributed by atoms with Crippen molar-refractivity contribution in [2.45, 2.75) is 24.9 Å². The fraction of sp³-hybridized carbons (Fsp3) is 0.421. The summed E-state index contributed by atoms with van der Waals surface area (Å²) >= 11 is 0. The smallest absolute Gasteiger partial charge is 0.275 e. The Balaban J connectivity index is 1.61. The number of rotatable bonds is 2. The fourth-order valence-electron chi connectivity index (χ4n) is 3.71. The standard InChI is InChI=1S/C19H21N3O4/c23-17(16-12-25-14-20-16)21-10-11-26-19(13-21)8-4-5-9-22(18(19)24)15-6-2-1-3-7-15/h1-3,6-7,12,14H,4-5,8-11,13H2. The lowest BCUT2D eigenvalue weighted by Crippen LogP contribution is -2.61. The zero-order valence-corrected chi connectivity index (χ0v) is 14.5. The van der Waals surface area contributed by atoms with Crippen LogP contribution in [0.25, 0.3) is 0 Å². The van der Waals surface area contributed by atoms with Gasteiger partial charge in [-0.05, 0) is 31.4 Å². The molecule has 0 saturated carbocycles. The number of amides is 2. The molecule has 1 spiro atoms. The maximum absolute atomic E-state index is 13.4. The molecule has 2 aliphatic heterocycles. The summed E-state index contributed by atoms with van der Waals surface area (Å²) in [6.07, 6.45) is 4.95. The molecule has 2 aliphatic rings. The Hall–Kier alpha value is -2.67.